The van der Waals surface area contributed by atoms with Crippen LogP contribution in [0.15, 0.2) is 201 Å². The van der Waals surface area contributed by atoms with Crippen LogP contribution >= 0.6 is 0 Å². The van der Waals surface area contributed by atoms with Gasteiger partial charge in [-0.3, -0.25) is 0 Å². The third-order valence-electron chi connectivity index (χ3n) is 25.1. The second-order valence-electron chi connectivity index (χ2n) is 31.9. The Labute approximate surface area is 601 Å². The number of furan rings is 3. The Hall–Kier alpha value is -8.60. The predicted molar refractivity (Wildman–Crippen MR) is 431 cm³/mol. The molecule has 0 bridgehead atoms. The van der Waals surface area contributed by atoms with Gasteiger partial charge in [0.25, 0.3) is 0 Å². The van der Waals surface area contributed by atoms with E-state index in [2.05, 4.69) is 237 Å². The minimum Gasteiger partial charge on any atom is -0.456 e. The summed E-state index contributed by atoms with van der Waals surface area (Å²) < 4.78 is 21.1. The molecule has 0 aliphatic heterocycles. The summed E-state index contributed by atoms with van der Waals surface area (Å²) in [4.78, 5) is 2.50. The Balaban J connectivity index is 0.927. The maximum absolute atomic E-state index is 7.65. The molecular formula is C97H105NO3. The van der Waals surface area contributed by atoms with E-state index in [1.807, 2.05) is 0 Å². The predicted octanol–water partition coefficient (Wildman–Crippen LogP) is 29.6. The van der Waals surface area contributed by atoms with Gasteiger partial charge in [0.2, 0.25) is 0 Å². The second-order valence-corrected chi connectivity index (χ2v) is 31.9. The van der Waals surface area contributed by atoms with Gasteiger partial charge in [0.1, 0.15) is 33.5 Å². The van der Waals surface area contributed by atoms with Gasteiger partial charge < -0.3 is 18.2 Å². The third-order valence-corrected chi connectivity index (χ3v) is 25.1. The average molecular weight is 1330 g/mol. The number of para-hydroxylation sites is 3. The van der Waals surface area contributed by atoms with Crippen LogP contribution in [-0.2, 0) is 21.7 Å². The van der Waals surface area contributed by atoms with Gasteiger partial charge in [-0.15, -0.1) is 0 Å². The molecule has 4 aliphatic rings. The normalized spacial score (nSPS) is 16.3. The van der Waals surface area contributed by atoms with Crippen LogP contribution in [-0.4, -0.2) is 0 Å². The van der Waals surface area contributed by atoms with Gasteiger partial charge in [-0.1, -0.05) is 287 Å². The van der Waals surface area contributed by atoms with E-state index in [-0.39, 0.29) is 21.7 Å². The highest BCUT2D eigenvalue weighted by Crippen LogP contribution is 2.68. The van der Waals surface area contributed by atoms with Crippen LogP contribution in [0.2, 0.25) is 0 Å². The SMILES string of the molecule is C=C(C=C1/C(=C\C)c2cc3c(cc2C1(C)C)-c1c(ccc2oc4ccccc4c12)C3(C)C)N(c1ccc2c(c1)C(CCCCCCC)(CCCCCCC)c1c3c(c4c(oc5ccccc54)c1-2)-c1ccccc1C3(CCCCCCC)CCCCCCC)c1ccc2c(c1)oc1ccccc12. The summed E-state index contributed by atoms with van der Waals surface area (Å²) in [5, 5.41) is 7.20. The number of benzene rings is 9. The fraction of sp³-hybridized carbons (Fsp3) is 0.381. The average Bonchev–Trinajstić information content (AvgIpc) is 1.50. The van der Waals surface area contributed by atoms with Crippen LogP contribution in [0.5, 0.6) is 0 Å². The molecule has 4 aliphatic carbocycles. The first-order valence-corrected chi connectivity index (χ1v) is 39.5. The van der Waals surface area contributed by atoms with E-state index in [1.165, 1.54) is 222 Å². The third kappa shape index (κ3) is 10.8. The Morgan fingerprint density at radius 1 is 0.376 bits per heavy atom. The van der Waals surface area contributed by atoms with Crippen LogP contribution in [0.1, 0.15) is 261 Å². The first-order valence-electron chi connectivity index (χ1n) is 39.5. The summed E-state index contributed by atoms with van der Waals surface area (Å²) in [6.45, 7) is 26.7. The van der Waals surface area contributed by atoms with Gasteiger partial charge in [0.15, 0.2) is 0 Å². The zero-order valence-corrected chi connectivity index (χ0v) is 62.0. The molecule has 12 aromatic rings. The minimum atomic E-state index is -0.387. The van der Waals surface area contributed by atoms with Crippen molar-refractivity contribution in [3.8, 4) is 33.4 Å². The molecule has 516 valence electrons. The highest BCUT2D eigenvalue weighted by atomic mass is 16.3. The van der Waals surface area contributed by atoms with Crippen LogP contribution in [0.25, 0.3) is 105 Å². The quantitative estimate of drug-likeness (QED) is 0.0458. The van der Waals surface area contributed by atoms with Crippen molar-refractivity contribution in [3.63, 3.8) is 0 Å². The molecule has 0 saturated carbocycles. The fourth-order valence-electron chi connectivity index (χ4n) is 20.1. The minimum absolute atomic E-state index is 0.161. The van der Waals surface area contributed by atoms with Gasteiger partial charge in [0, 0.05) is 82.7 Å². The number of anilines is 2. The molecule has 3 aromatic heterocycles. The maximum atomic E-state index is 7.65. The largest absolute Gasteiger partial charge is 0.456 e. The molecule has 0 N–H and O–H groups in total. The summed E-state index contributed by atoms with van der Waals surface area (Å²) in [6, 6.07) is 60.2. The van der Waals surface area contributed by atoms with Gasteiger partial charge in [-0.2, -0.15) is 0 Å². The first-order chi connectivity index (χ1) is 49.3. The van der Waals surface area contributed by atoms with Crippen molar-refractivity contribution in [1.82, 2.24) is 0 Å². The summed E-state index contributed by atoms with van der Waals surface area (Å²) >= 11 is 0. The van der Waals surface area contributed by atoms with Crippen LogP contribution in [0.3, 0.4) is 0 Å². The van der Waals surface area contributed by atoms with Crippen molar-refractivity contribution in [2.45, 2.75) is 238 Å². The standard InChI is InChI=1S/C97H105NO3/c1-11-16-20-24-36-54-96(55-37-25-21-17-12-2)75-44-32-28-41-69(75)88-89-72-43-31-35-47-83(72)101-93(89)90-70-51-49-64(59-80(70)97(92(90)91(88)96,56-38-26-22-18-13-3)57-39-27-23-19-14-4)98(65-48-50-68-67-40-29-33-45-81(67)100-85(68)60-65)63(6)58-77-66(15-5)73-61-79-74(62-78(73)95(77,9)10)86-76(94(79,7)8)52-53-84-87(86)71-42-30-34-46-82(71)99-84/h15,28-35,40-53,58-62H,6,11-14,16-27,36-39,54-57H2,1-5,7-10H3/b66-15-,77-58?. The molecule has 0 unspecified atom stereocenters. The monoisotopic (exact) mass is 1330 g/mol. The molecule has 3 heterocycles. The van der Waals surface area contributed by atoms with E-state index in [0.29, 0.717) is 0 Å². The topological polar surface area (TPSA) is 42.7 Å². The van der Waals surface area contributed by atoms with E-state index >= 15 is 0 Å². The zero-order valence-electron chi connectivity index (χ0n) is 62.0. The lowest BCUT2D eigenvalue weighted by molar-refractivity contribution is 0.369. The molecule has 0 amide bonds. The Morgan fingerprint density at radius 2 is 0.861 bits per heavy atom. The van der Waals surface area contributed by atoms with E-state index in [0.717, 1.165) is 87.0 Å². The highest BCUT2D eigenvalue weighted by Gasteiger charge is 2.54. The number of fused-ring (bicyclic) bond motifs is 23. The van der Waals surface area contributed by atoms with Gasteiger partial charge >= 0.3 is 0 Å². The number of hydrogen-bond acceptors (Lipinski definition) is 4. The lowest BCUT2D eigenvalue weighted by Gasteiger charge is -2.40. The van der Waals surface area contributed by atoms with E-state index in [9.17, 15) is 0 Å². The fourth-order valence-corrected chi connectivity index (χ4v) is 20.1. The Bertz CT molecular complexity index is 5220. The zero-order chi connectivity index (χ0) is 69.4. The summed E-state index contributed by atoms with van der Waals surface area (Å²) in [6.07, 6.45) is 34.3. The molecule has 0 spiro atoms. The van der Waals surface area contributed by atoms with Gasteiger partial charge in [-0.25, -0.2) is 0 Å². The number of unbranched alkanes of at least 4 members (excludes halogenated alkanes) is 16. The molecule has 16 rings (SSSR count). The highest BCUT2D eigenvalue weighted by molar-refractivity contribution is 6.21. The van der Waals surface area contributed by atoms with Crippen molar-refractivity contribution < 1.29 is 13.3 Å². The Kier molecular flexibility index (Phi) is 17.9. The van der Waals surface area contributed by atoms with Crippen LogP contribution in [0.4, 0.5) is 11.4 Å². The molecule has 101 heavy (non-hydrogen) atoms. The molecule has 4 nitrogen and oxygen atoms in total. The van der Waals surface area contributed by atoms with Gasteiger partial charge in [0.05, 0.1) is 0 Å². The van der Waals surface area contributed by atoms with Crippen molar-refractivity contribution in [2.75, 3.05) is 4.90 Å². The first kappa shape index (κ1) is 66.9. The maximum Gasteiger partial charge on any atom is 0.144 e. The lowest BCUT2D eigenvalue weighted by Crippen LogP contribution is -2.33. The molecular weight excluding hydrogens is 1230 g/mol. The molecule has 0 radical (unpaired) electrons. The summed E-state index contributed by atoms with van der Waals surface area (Å²) in [7, 11) is 0. The number of nitrogens with zero attached hydrogens (tertiary/aromatic N) is 1. The van der Waals surface area contributed by atoms with Crippen LogP contribution in [0, 0.1) is 0 Å². The molecule has 9 aromatic carbocycles. The number of allylic oxidation sites excluding steroid dienone is 4. The van der Waals surface area contributed by atoms with E-state index in [4.69, 9.17) is 19.8 Å². The smallest absolute Gasteiger partial charge is 0.144 e. The van der Waals surface area contributed by atoms with Gasteiger partial charge in [-0.05, 0) is 183 Å². The molecule has 0 atom stereocenters. The number of rotatable bonds is 28. The van der Waals surface area contributed by atoms with Crippen molar-refractivity contribution in [3.05, 3.63) is 232 Å². The van der Waals surface area contributed by atoms with Crippen molar-refractivity contribution in [1.29, 1.82) is 0 Å². The van der Waals surface area contributed by atoms with E-state index < -0.39 is 0 Å². The number of hydrogen-bond donors (Lipinski definition) is 0. The van der Waals surface area contributed by atoms with Crippen molar-refractivity contribution in [2.24, 2.45) is 0 Å². The molecule has 4 heteroatoms. The lowest BCUT2D eigenvalue weighted by atomic mass is 9.62. The van der Waals surface area contributed by atoms with E-state index in [1.54, 1.807) is 16.7 Å². The summed E-state index contributed by atoms with van der Waals surface area (Å²) in [5.74, 6) is 0. The Morgan fingerprint density at radius 3 is 1.50 bits per heavy atom. The van der Waals surface area contributed by atoms with Crippen LogP contribution < -0.4 is 4.90 Å². The summed E-state index contributed by atoms with van der Waals surface area (Å²) in [5.41, 5.74) is 30.2. The molecule has 0 saturated heterocycles. The van der Waals surface area contributed by atoms with Crippen molar-refractivity contribution >= 4 is 82.8 Å². The second kappa shape index (κ2) is 27.0. The molecule has 0 fully saturated rings.